The van der Waals surface area contributed by atoms with E-state index in [1.165, 1.54) is 0 Å². The van der Waals surface area contributed by atoms with Crippen molar-refractivity contribution in [1.82, 2.24) is 20.3 Å². The van der Waals surface area contributed by atoms with Gasteiger partial charge in [0.2, 0.25) is 0 Å². The van der Waals surface area contributed by atoms with Gasteiger partial charge in [-0.25, -0.2) is 0 Å². The quantitative estimate of drug-likeness (QED) is 0.880. The molecule has 2 aromatic rings. The highest BCUT2D eigenvalue weighted by Crippen LogP contribution is 2.22. The lowest BCUT2D eigenvalue weighted by Gasteiger charge is -2.03. The van der Waals surface area contributed by atoms with E-state index in [0.29, 0.717) is 5.92 Å². The first-order valence-corrected chi connectivity index (χ1v) is 6.23. The summed E-state index contributed by atoms with van der Waals surface area (Å²) in [7, 11) is 1.90. The van der Waals surface area contributed by atoms with Crippen LogP contribution in [0.5, 0.6) is 0 Å². The largest absolute Gasteiger partial charge is 0.356 e. The molecule has 0 aliphatic carbocycles. The smallest absolute Gasteiger partial charge is 0.170 e. The molecule has 5 nitrogen and oxygen atoms in total. The summed E-state index contributed by atoms with van der Waals surface area (Å²) in [4.78, 5) is 0. The second kappa shape index (κ2) is 5.35. The zero-order valence-corrected chi connectivity index (χ0v) is 11.4. The van der Waals surface area contributed by atoms with Crippen molar-refractivity contribution in [3.63, 3.8) is 0 Å². The number of aromatic nitrogens is 3. The molecular formula is C13H20N4O. The zero-order chi connectivity index (χ0) is 13.1. The van der Waals surface area contributed by atoms with E-state index >= 15 is 0 Å². The normalized spacial score (nSPS) is 11.4. The molecule has 0 radical (unpaired) electrons. The summed E-state index contributed by atoms with van der Waals surface area (Å²) in [6, 6.07) is 1.97. The van der Waals surface area contributed by atoms with Gasteiger partial charge in [-0.15, -0.1) is 0 Å². The summed E-state index contributed by atoms with van der Waals surface area (Å²) in [6.07, 6.45) is 1.95. The first-order chi connectivity index (χ1) is 8.56. The summed E-state index contributed by atoms with van der Waals surface area (Å²) < 4.78 is 7.14. The van der Waals surface area contributed by atoms with E-state index in [4.69, 9.17) is 4.52 Å². The van der Waals surface area contributed by atoms with E-state index < -0.39 is 0 Å². The van der Waals surface area contributed by atoms with Gasteiger partial charge in [0, 0.05) is 25.9 Å². The van der Waals surface area contributed by atoms with Crippen LogP contribution in [0.4, 0.5) is 0 Å². The molecule has 2 aromatic heterocycles. The van der Waals surface area contributed by atoms with Gasteiger partial charge in [0.1, 0.15) is 0 Å². The lowest BCUT2D eigenvalue weighted by molar-refractivity contribution is 0.418. The minimum Gasteiger partial charge on any atom is -0.356 e. The van der Waals surface area contributed by atoms with E-state index in [9.17, 15) is 0 Å². The predicted octanol–water partition coefficient (Wildman–Crippen LogP) is 2.13. The molecule has 18 heavy (non-hydrogen) atoms. The average Bonchev–Trinajstić information content (AvgIpc) is 2.85. The lowest BCUT2D eigenvalue weighted by atomic mass is 10.2. The van der Waals surface area contributed by atoms with Gasteiger partial charge < -0.3 is 9.84 Å². The molecule has 2 rings (SSSR count). The van der Waals surface area contributed by atoms with Gasteiger partial charge in [-0.2, -0.15) is 5.10 Å². The molecule has 0 saturated heterocycles. The van der Waals surface area contributed by atoms with Gasteiger partial charge in [0.05, 0.1) is 17.0 Å². The standard InChI is InChI=1S/C13H20N4O/c1-9(2)6-14-7-11-5-13(18-16-11)12-8-17(4)15-10(12)3/h5,8-9,14H,6-7H2,1-4H3. The summed E-state index contributed by atoms with van der Waals surface area (Å²) in [5.41, 5.74) is 2.88. The molecule has 0 unspecified atom stereocenters. The van der Waals surface area contributed by atoms with Gasteiger partial charge in [0.15, 0.2) is 5.76 Å². The van der Waals surface area contributed by atoms with Crippen molar-refractivity contribution in [3.05, 3.63) is 23.7 Å². The fourth-order valence-electron chi connectivity index (χ4n) is 1.85. The highest BCUT2D eigenvalue weighted by Gasteiger charge is 2.11. The predicted molar refractivity (Wildman–Crippen MR) is 70.0 cm³/mol. The van der Waals surface area contributed by atoms with Crippen LogP contribution in [0.15, 0.2) is 16.8 Å². The Hall–Kier alpha value is -1.62. The molecule has 98 valence electrons. The maximum atomic E-state index is 5.36. The van der Waals surface area contributed by atoms with Crippen LogP contribution in [-0.2, 0) is 13.6 Å². The first-order valence-electron chi connectivity index (χ1n) is 6.23. The van der Waals surface area contributed by atoms with Crippen LogP contribution in [-0.4, -0.2) is 21.5 Å². The highest BCUT2D eigenvalue weighted by molar-refractivity contribution is 5.59. The molecule has 0 atom stereocenters. The lowest BCUT2D eigenvalue weighted by Crippen LogP contribution is -2.18. The molecule has 1 N–H and O–H groups in total. The second-order valence-corrected chi connectivity index (χ2v) is 5.01. The van der Waals surface area contributed by atoms with E-state index in [1.54, 1.807) is 4.68 Å². The van der Waals surface area contributed by atoms with Crippen molar-refractivity contribution in [3.8, 4) is 11.3 Å². The van der Waals surface area contributed by atoms with Crippen molar-refractivity contribution in [1.29, 1.82) is 0 Å². The molecule has 0 spiro atoms. The third-order valence-corrected chi connectivity index (χ3v) is 2.70. The number of hydrogen-bond acceptors (Lipinski definition) is 4. The maximum absolute atomic E-state index is 5.36. The van der Waals surface area contributed by atoms with Crippen LogP contribution >= 0.6 is 0 Å². The van der Waals surface area contributed by atoms with Crippen molar-refractivity contribution < 1.29 is 4.52 Å². The van der Waals surface area contributed by atoms with Crippen LogP contribution in [0.1, 0.15) is 25.2 Å². The van der Waals surface area contributed by atoms with Crippen LogP contribution in [0.2, 0.25) is 0 Å². The molecule has 0 saturated carbocycles. The Morgan fingerprint density at radius 2 is 2.22 bits per heavy atom. The number of nitrogens with one attached hydrogen (secondary N) is 1. The maximum Gasteiger partial charge on any atom is 0.170 e. The SMILES string of the molecule is Cc1nn(C)cc1-c1cc(CNCC(C)C)no1. The Bertz CT molecular complexity index is 513. The Morgan fingerprint density at radius 3 is 2.83 bits per heavy atom. The Kier molecular flexibility index (Phi) is 3.81. The Balaban J connectivity index is 2.04. The Morgan fingerprint density at radius 1 is 1.44 bits per heavy atom. The summed E-state index contributed by atoms with van der Waals surface area (Å²) >= 11 is 0. The summed E-state index contributed by atoms with van der Waals surface area (Å²) in [5, 5.41) is 11.7. The van der Waals surface area contributed by atoms with E-state index in [-0.39, 0.29) is 0 Å². The molecule has 5 heteroatoms. The van der Waals surface area contributed by atoms with E-state index in [2.05, 4.69) is 29.4 Å². The van der Waals surface area contributed by atoms with Gasteiger partial charge in [-0.05, 0) is 19.4 Å². The molecular weight excluding hydrogens is 228 g/mol. The molecule has 0 aliphatic rings. The van der Waals surface area contributed by atoms with Crippen LogP contribution < -0.4 is 5.32 Å². The van der Waals surface area contributed by atoms with Crippen molar-refractivity contribution in [2.75, 3.05) is 6.54 Å². The van der Waals surface area contributed by atoms with Gasteiger partial charge >= 0.3 is 0 Å². The van der Waals surface area contributed by atoms with E-state index in [0.717, 1.165) is 35.8 Å². The summed E-state index contributed by atoms with van der Waals surface area (Å²) in [6.45, 7) is 8.05. The van der Waals surface area contributed by atoms with Crippen molar-refractivity contribution in [2.45, 2.75) is 27.3 Å². The fraction of sp³-hybridized carbons (Fsp3) is 0.538. The molecule has 2 heterocycles. The fourth-order valence-corrected chi connectivity index (χ4v) is 1.85. The monoisotopic (exact) mass is 248 g/mol. The third kappa shape index (κ3) is 2.98. The van der Waals surface area contributed by atoms with Crippen LogP contribution in [0.3, 0.4) is 0 Å². The highest BCUT2D eigenvalue weighted by atomic mass is 16.5. The molecule has 0 fully saturated rings. The molecule has 0 aromatic carbocycles. The minimum atomic E-state index is 0.636. The second-order valence-electron chi connectivity index (χ2n) is 5.01. The number of rotatable bonds is 5. The number of aryl methyl sites for hydroxylation is 2. The topological polar surface area (TPSA) is 55.9 Å². The first kappa shape index (κ1) is 12.8. The minimum absolute atomic E-state index is 0.636. The number of hydrogen-bond donors (Lipinski definition) is 1. The number of nitrogens with zero attached hydrogens (tertiary/aromatic N) is 3. The van der Waals surface area contributed by atoms with E-state index in [1.807, 2.05) is 26.2 Å². The van der Waals surface area contributed by atoms with Crippen molar-refractivity contribution in [2.24, 2.45) is 13.0 Å². The molecule has 0 bridgehead atoms. The molecule has 0 amide bonds. The van der Waals surface area contributed by atoms with Crippen LogP contribution in [0.25, 0.3) is 11.3 Å². The van der Waals surface area contributed by atoms with Crippen molar-refractivity contribution >= 4 is 0 Å². The third-order valence-electron chi connectivity index (χ3n) is 2.70. The van der Waals surface area contributed by atoms with Gasteiger partial charge in [0.25, 0.3) is 0 Å². The van der Waals surface area contributed by atoms with Crippen LogP contribution in [0, 0.1) is 12.8 Å². The average molecular weight is 248 g/mol. The summed E-state index contributed by atoms with van der Waals surface area (Å²) in [5.74, 6) is 1.42. The Labute approximate surface area is 107 Å². The van der Waals surface area contributed by atoms with Gasteiger partial charge in [-0.3, -0.25) is 4.68 Å². The molecule has 0 aliphatic heterocycles. The van der Waals surface area contributed by atoms with Gasteiger partial charge in [-0.1, -0.05) is 19.0 Å². The zero-order valence-electron chi connectivity index (χ0n) is 11.4.